The number of piperidine rings is 1. The fourth-order valence-corrected chi connectivity index (χ4v) is 2.62. The Morgan fingerprint density at radius 3 is 2.75 bits per heavy atom. The predicted octanol–water partition coefficient (Wildman–Crippen LogP) is 0.195. The van der Waals surface area contributed by atoms with E-state index in [1.165, 1.54) is 6.42 Å². The van der Waals surface area contributed by atoms with Crippen LogP contribution in [0.15, 0.2) is 0 Å². The van der Waals surface area contributed by atoms with Crippen molar-refractivity contribution in [1.82, 2.24) is 15.5 Å². The van der Waals surface area contributed by atoms with E-state index in [2.05, 4.69) is 29.4 Å². The Hall–Kier alpha value is -0.610. The number of piperazine rings is 1. The van der Waals surface area contributed by atoms with Crippen molar-refractivity contribution in [2.24, 2.45) is 5.92 Å². The summed E-state index contributed by atoms with van der Waals surface area (Å²) in [4.78, 5) is 14.4. The van der Waals surface area contributed by atoms with Crippen LogP contribution in [-0.4, -0.2) is 49.1 Å². The molecule has 3 unspecified atom stereocenters. The van der Waals surface area contributed by atoms with Crippen molar-refractivity contribution in [2.75, 3.05) is 26.2 Å². The van der Waals surface area contributed by atoms with E-state index in [-0.39, 0.29) is 11.9 Å². The smallest absolute Gasteiger partial charge is 0.241 e. The summed E-state index contributed by atoms with van der Waals surface area (Å²) in [5.41, 5.74) is 0. The number of carbonyl (C=O) groups is 1. The maximum Gasteiger partial charge on any atom is 0.241 e. The topological polar surface area (TPSA) is 44.4 Å². The molecule has 3 atom stereocenters. The van der Waals surface area contributed by atoms with Gasteiger partial charge in [0.2, 0.25) is 5.91 Å². The van der Waals surface area contributed by atoms with Gasteiger partial charge in [0.05, 0.1) is 6.04 Å². The number of nitrogens with zero attached hydrogens (tertiary/aromatic N) is 1. The molecule has 2 aliphatic heterocycles. The summed E-state index contributed by atoms with van der Waals surface area (Å²) in [6.07, 6.45) is 2.40. The monoisotopic (exact) mass is 225 g/mol. The highest BCUT2D eigenvalue weighted by Crippen LogP contribution is 2.22. The van der Waals surface area contributed by atoms with E-state index in [4.69, 9.17) is 0 Å². The van der Waals surface area contributed by atoms with Crippen LogP contribution in [-0.2, 0) is 4.79 Å². The van der Waals surface area contributed by atoms with E-state index in [0.717, 1.165) is 32.6 Å². The Balaban J connectivity index is 1.96. The number of hydrogen-bond donors (Lipinski definition) is 2. The first-order valence-electron chi connectivity index (χ1n) is 6.43. The molecular formula is C12H23N3O. The molecule has 92 valence electrons. The molecule has 2 fully saturated rings. The number of likely N-dealkylation sites (tertiary alicyclic amines) is 1. The minimum Gasteiger partial charge on any atom is -0.338 e. The van der Waals surface area contributed by atoms with Gasteiger partial charge in [-0.05, 0) is 25.7 Å². The maximum absolute atomic E-state index is 12.3. The highest BCUT2D eigenvalue weighted by Gasteiger charge is 2.31. The zero-order valence-electron chi connectivity index (χ0n) is 10.3. The van der Waals surface area contributed by atoms with Crippen molar-refractivity contribution in [3.63, 3.8) is 0 Å². The summed E-state index contributed by atoms with van der Waals surface area (Å²) in [6, 6.07) is 0.397. The Morgan fingerprint density at radius 2 is 2.06 bits per heavy atom. The van der Waals surface area contributed by atoms with E-state index in [1.54, 1.807) is 0 Å². The second kappa shape index (κ2) is 5.15. The molecule has 0 saturated carbocycles. The van der Waals surface area contributed by atoms with E-state index >= 15 is 0 Å². The molecule has 0 spiro atoms. The van der Waals surface area contributed by atoms with Crippen LogP contribution in [0, 0.1) is 5.92 Å². The van der Waals surface area contributed by atoms with Crippen molar-refractivity contribution in [3.05, 3.63) is 0 Å². The largest absolute Gasteiger partial charge is 0.338 e. The summed E-state index contributed by atoms with van der Waals surface area (Å²) < 4.78 is 0. The van der Waals surface area contributed by atoms with E-state index < -0.39 is 0 Å². The molecule has 2 heterocycles. The van der Waals surface area contributed by atoms with Crippen molar-refractivity contribution >= 4 is 5.91 Å². The molecule has 2 saturated heterocycles. The molecule has 2 rings (SSSR count). The fourth-order valence-electron chi connectivity index (χ4n) is 2.62. The second-order valence-electron chi connectivity index (χ2n) is 5.23. The van der Waals surface area contributed by atoms with Crippen molar-refractivity contribution in [3.8, 4) is 0 Å². The summed E-state index contributed by atoms with van der Waals surface area (Å²) in [7, 11) is 0. The van der Waals surface area contributed by atoms with Gasteiger partial charge in [-0.25, -0.2) is 0 Å². The Morgan fingerprint density at radius 1 is 1.25 bits per heavy atom. The van der Waals surface area contributed by atoms with Crippen LogP contribution in [0.2, 0.25) is 0 Å². The van der Waals surface area contributed by atoms with Gasteiger partial charge in [0.25, 0.3) is 0 Å². The minimum atomic E-state index is -0.0125. The Kier molecular flexibility index (Phi) is 3.82. The van der Waals surface area contributed by atoms with Gasteiger partial charge in [-0.2, -0.15) is 0 Å². The lowest BCUT2D eigenvalue weighted by Crippen LogP contribution is -2.59. The fraction of sp³-hybridized carbons (Fsp3) is 0.917. The quantitative estimate of drug-likeness (QED) is 0.670. The molecule has 0 aromatic heterocycles. The van der Waals surface area contributed by atoms with Crippen molar-refractivity contribution < 1.29 is 4.79 Å². The van der Waals surface area contributed by atoms with Crippen LogP contribution < -0.4 is 10.6 Å². The second-order valence-corrected chi connectivity index (χ2v) is 5.23. The SMILES string of the molecule is CC1CCC(C)N(C(=O)C2CNCCN2)C1. The van der Waals surface area contributed by atoms with Gasteiger partial charge in [-0.3, -0.25) is 4.79 Å². The molecule has 0 aromatic carbocycles. The average Bonchev–Trinajstić information content (AvgIpc) is 2.32. The molecular weight excluding hydrogens is 202 g/mol. The third-order valence-corrected chi connectivity index (χ3v) is 3.74. The van der Waals surface area contributed by atoms with E-state index in [0.29, 0.717) is 12.0 Å². The highest BCUT2D eigenvalue weighted by molar-refractivity contribution is 5.82. The van der Waals surface area contributed by atoms with Crippen LogP contribution in [0.25, 0.3) is 0 Å². The maximum atomic E-state index is 12.3. The first-order valence-corrected chi connectivity index (χ1v) is 6.43. The van der Waals surface area contributed by atoms with Gasteiger partial charge >= 0.3 is 0 Å². The molecule has 2 N–H and O–H groups in total. The lowest BCUT2D eigenvalue weighted by molar-refractivity contribution is -0.138. The van der Waals surface area contributed by atoms with Gasteiger partial charge in [-0.15, -0.1) is 0 Å². The Labute approximate surface area is 97.8 Å². The number of nitrogens with one attached hydrogen (secondary N) is 2. The zero-order valence-corrected chi connectivity index (χ0v) is 10.3. The molecule has 0 aliphatic carbocycles. The third kappa shape index (κ3) is 2.55. The molecule has 4 heteroatoms. The molecule has 2 aliphatic rings. The van der Waals surface area contributed by atoms with E-state index in [1.807, 2.05) is 0 Å². The zero-order chi connectivity index (χ0) is 11.5. The Bertz CT molecular complexity index is 251. The van der Waals surface area contributed by atoms with Crippen molar-refractivity contribution in [2.45, 2.75) is 38.8 Å². The number of carbonyl (C=O) groups excluding carboxylic acids is 1. The first-order chi connectivity index (χ1) is 7.68. The standard InChI is InChI=1S/C12H23N3O/c1-9-3-4-10(2)15(8-9)12(16)11-7-13-5-6-14-11/h9-11,13-14H,3-8H2,1-2H3. The van der Waals surface area contributed by atoms with Crippen molar-refractivity contribution in [1.29, 1.82) is 0 Å². The summed E-state index contributed by atoms with van der Waals surface area (Å²) >= 11 is 0. The van der Waals surface area contributed by atoms with Gasteiger partial charge < -0.3 is 15.5 Å². The van der Waals surface area contributed by atoms with Crippen LogP contribution in [0.3, 0.4) is 0 Å². The van der Waals surface area contributed by atoms with Crippen LogP contribution in [0.4, 0.5) is 0 Å². The van der Waals surface area contributed by atoms with Gasteiger partial charge in [-0.1, -0.05) is 6.92 Å². The summed E-state index contributed by atoms with van der Waals surface area (Å²) in [6.45, 7) is 7.97. The number of rotatable bonds is 1. The average molecular weight is 225 g/mol. The van der Waals surface area contributed by atoms with Gasteiger partial charge in [0, 0.05) is 32.2 Å². The summed E-state index contributed by atoms with van der Waals surface area (Å²) in [5, 5.41) is 6.57. The third-order valence-electron chi connectivity index (χ3n) is 3.74. The number of amides is 1. The molecule has 4 nitrogen and oxygen atoms in total. The molecule has 1 amide bonds. The van der Waals surface area contributed by atoms with Crippen LogP contribution in [0.5, 0.6) is 0 Å². The van der Waals surface area contributed by atoms with E-state index in [9.17, 15) is 4.79 Å². The predicted molar refractivity (Wildman–Crippen MR) is 64.2 cm³/mol. The number of hydrogen-bond acceptors (Lipinski definition) is 3. The lowest BCUT2D eigenvalue weighted by atomic mass is 9.94. The summed E-state index contributed by atoms with van der Waals surface area (Å²) in [5.74, 6) is 0.933. The van der Waals surface area contributed by atoms with Crippen LogP contribution >= 0.6 is 0 Å². The normalized spacial score (nSPS) is 36.1. The molecule has 0 aromatic rings. The van der Waals surface area contributed by atoms with Gasteiger partial charge in [0.15, 0.2) is 0 Å². The van der Waals surface area contributed by atoms with Gasteiger partial charge in [0.1, 0.15) is 0 Å². The molecule has 16 heavy (non-hydrogen) atoms. The minimum absolute atomic E-state index is 0.0125. The molecule has 0 radical (unpaired) electrons. The first kappa shape index (κ1) is 11.9. The lowest BCUT2D eigenvalue weighted by Gasteiger charge is -2.39. The highest BCUT2D eigenvalue weighted by atomic mass is 16.2. The van der Waals surface area contributed by atoms with Crippen LogP contribution in [0.1, 0.15) is 26.7 Å². The molecule has 0 bridgehead atoms.